The molecule has 0 unspecified atom stereocenters. The number of hydrogen-bond acceptors (Lipinski definition) is 4. The van der Waals surface area contributed by atoms with Crippen molar-refractivity contribution in [3.05, 3.63) is 38.9 Å². The molecule has 2 rings (SSSR count). The Kier molecular flexibility index (Phi) is 5.25. The van der Waals surface area contributed by atoms with Crippen molar-refractivity contribution in [2.24, 2.45) is 5.92 Å². The van der Waals surface area contributed by atoms with Gasteiger partial charge in [-0.05, 0) is 42.4 Å². The van der Waals surface area contributed by atoms with Crippen LogP contribution in [0.25, 0.3) is 0 Å². The third-order valence-electron chi connectivity index (χ3n) is 3.30. The van der Waals surface area contributed by atoms with Crippen LogP contribution in [0.2, 0.25) is 5.02 Å². The van der Waals surface area contributed by atoms with Crippen molar-refractivity contribution in [2.75, 3.05) is 18.1 Å². The lowest BCUT2D eigenvalue weighted by molar-refractivity contribution is -0.384. The van der Waals surface area contributed by atoms with Gasteiger partial charge in [0.05, 0.1) is 4.92 Å². The quantitative estimate of drug-likeness (QED) is 0.684. The van der Waals surface area contributed by atoms with E-state index in [4.69, 9.17) is 11.6 Å². The number of halogens is 1. The number of carbonyl (C=O) groups is 1. The van der Waals surface area contributed by atoms with Gasteiger partial charge in [0.15, 0.2) is 0 Å². The number of rotatable bonds is 4. The largest absolute Gasteiger partial charge is 0.352 e. The molecular formula is C13H15ClN2O3S. The SMILES string of the molecule is O=C(NCC1CCSCC1)c1ccc([N+](=O)[O-])c(Cl)c1. The van der Waals surface area contributed by atoms with Gasteiger partial charge < -0.3 is 5.32 Å². The molecule has 7 heteroatoms. The van der Waals surface area contributed by atoms with Crippen LogP contribution in [-0.2, 0) is 0 Å². The van der Waals surface area contributed by atoms with Gasteiger partial charge >= 0.3 is 0 Å². The standard InChI is InChI=1S/C13H15ClN2O3S/c14-11-7-10(1-2-12(11)16(18)19)13(17)15-8-9-3-5-20-6-4-9/h1-2,7,9H,3-6,8H2,(H,15,17). The highest BCUT2D eigenvalue weighted by Crippen LogP contribution is 2.25. The van der Waals surface area contributed by atoms with E-state index in [9.17, 15) is 14.9 Å². The van der Waals surface area contributed by atoms with Crippen LogP contribution in [0.5, 0.6) is 0 Å². The number of amides is 1. The van der Waals surface area contributed by atoms with Gasteiger partial charge in [-0.1, -0.05) is 11.6 Å². The van der Waals surface area contributed by atoms with E-state index in [0.29, 0.717) is 18.0 Å². The van der Waals surface area contributed by atoms with E-state index in [1.165, 1.54) is 18.2 Å². The normalized spacial score (nSPS) is 15.8. The molecule has 1 N–H and O–H groups in total. The van der Waals surface area contributed by atoms with Gasteiger partial charge in [0, 0.05) is 18.2 Å². The van der Waals surface area contributed by atoms with Crippen LogP contribution in [0.1, 0.15) is 23.2 Å². The van der Waals surface area contributed by atoms with E-state index in [-0.39, 0.29) is 16.6 Å². The van der Waals surface area contributed by atoms with Crippen LogP contribution in [-0.4, -0.2) is 28.9 Å². The molecule has 0 bridgehead atoms. The lowest BCUT2D eigenvalue weighted by Crippen LogP contribution is -2.30. The fourth-order valence-corrected chi connectivity index (χ4v) is 3.54. The first-order chi connectivity index (χ1) is 9.58. The maximum atomic E-state index is 12.0. The molecule has 1 aromatic carbocycles. The first-order valence-electron chi connectivity index (χ1n) is 6.38. The molecule has 1 fully saturated rings. The van der Waals surface area contributed by atoms with E-state index in [0.717, 1.165) is 24.3 Å². The Morgan fingerprint density at radius 2 is 2.15 bits per heavy atom. The van der Waals surface area contributed by atoms with Gasteiger partial charge in [-0.15, -0.1) is 0 Å². The predicted octanol–water partition coefficient (Wildman–Crippen LogP) is 3.12. The molecule has 1 amide bonds. The molecule has 1 saturated heterocycles. The Bertz CT molecular complexity index is 518. The number of nitro benzene ring substituents is 1. The zero-order valence-electron chi connectivity index (χ0n) is 10.8. The molecule has 1 heterocycles. The smallest absolute Gasteiger partial charge is 0.287 e. The molecule has 1 aromatic rings. The van der Waals surface area contributed by atoms with Gasteiger partial charge in [0.2, 0.25) is 0 Å². The van der Waals surface area contributed by atoms with Gasteiger partial charge in [0.25, 0.3) is 11.6 Å². The molecule has 0 aliphatic carbocycles. The Labute approximate surface area is 126 Å². The third-order valence-corrected chi connectivity index (χ3v) is 4.65. The summed E-state index contributed by atoms with van der Waals surface area (Å²) in [5.74, 6) is 2.57. The lowest BCUT2D eigenvalue weighted by Gasteiger charge is -2.21. The van der Waals surface area contributed by atoms with E-state index in [1.807, 2.05) is 11.8 Å². The van der Waals surface area contributed by atoms with Gasteiger partial charge in [0.1, 0.15) is 5.02 Å². The van der Waals surface area contributed by atoms with E-state index < -0.39 is 4.92 Å². The van der Waals surface area contributed by atoms with Crippen molar-refractivity contribution in [2.45, 2.75) is 12.8 Å². The number of carbonyl (C=O) groups excluding carboxylic acids is 1. The minimum atomic E-state index is -0.566. The number of benzene rings is 1. The number of hydrogen-bond donors (Lipinski definition) is 1. The highest BCUT2D eigenvalue weighted by Gasteiger charge is 2.17. The van der Waals surface area contributed by atoms with Crippen molar-refractivity contribution in [3.63, 3.8) is 0 Å². The Hall–Kier alpha value is -1.27. The zero-order valence-corrected chi connectivity index (χ0v) is 12.4. The molecule has 0 aromatic heterocycles. The van der Waals surface area contributed by atoms with Gasteiger partial charge in [-0.3, -0.25) is 14.9 Å². The van der Waals surface area contributed by atoms with Crippen LogP contribution >= 0.6 is 23.4 Å². The second-order valence-electron chi connectivity index (χ2n) is 4.69. The average Bonchev–Trinajstić information content (AvgIpc) is 2.45. The summed E-state index contributed by atoms with van der Waals surface area (Å²) in [5, 5.41) is 13.5. The van der Waals surface area contributed by atoms with Gasteiger partial charge in [-0.2, -0.15) is 11.8 Å². The number of nitrogens with one attached hydrogen (secondary N) is 1. The van der Waals surface area contributed by atoms with Crippen LogP contribution in [0.15, 0.2) is 18.2 Å². The maximum Gasteiger partial charge on any atom is 0.287 e. The van der Waals surface area contributed by atoms with Crippen molar-refractivity contribution < 1.29 is 9.72 Å². The van der Waals surface area contributed by atoms with Crippen LogP contribution in [0.3, 0.4) is 0 Å². The molecule has 108 valence electrons. The monoisotopic (exact) mass is 314 g/mol. The summed E-state index contributed by atoms with van der Waals surface area (Å²) < 4.78 is 0. The summed E-state index contributed by atoms with van der Waals surface area (Å²) in [4.78, 5) is 22.1. The predicted molar refractivity (Wildman–Crippen MR) is 80.5 cm³/mol. The number of nitrogens with zero attached hydrogens (tertiary/aromatic N) is 1. The maximum absolute atomic E-state index is 12.0. The minimum Gasteiger partial charge on any atom is -0.352 e. The second-order valence-corrected chi connectivity index (χ2v) is 6.32. The molecule has 0 saturated carbocycles. The highest BCUT2D eigenvalue weighted by molar-refractivity contribution is 7.99. The first kappa shape index (κ1) is 15.1. The zero-order chi connectivity index (χ0) is 14.5. The summed E-state index contributed by atoms with van der Waals surface area (Å²) >= 11 is 7.73. The second kappa shape index (κ2) is 6.95. The summed E-state index contributed by atoms with van der Waals surface area (Å²) in [7, 11) is 0. The van der Waals surface area contributed by atoms with E-state index in [1.54, 1.807) is 0 Å². The molecule has 0 radical (unpaired) electrons. The lowest BCUT2D eigenvalue weighted by atomic mass is 10.0. The molecule has 1 aliphatic rings. The minimum absolute atomic E-state index is 0.0169. The van der Waals surface area contributed by atoms with E-state index in [2.05, 4.69) is 5.32 Å². The highest BCUT2D eigenvalue weighted by atomic mass is 35.5. The third kappa shape index (κ3) is 3.86. The fourth-order valence-electron chi connectivity index (χ4n) is 2.09. The van der Waals surface area contributed by atoms with Crippen molar-refractivity contribution in [1.29, 1.82) is 0 Å². The molecule has 0 atom stereocenters. The topological polar surface area (TPSA) is 72.2 Å². The Morgan fingerprint density at radius 1 is 1.45 bits per heavy atom. The van der Waals surface area contributed by atoms with Crippen molar-refractivity contribution in [3.8, 4) is 0 Å². The average molecular weight is 315 g/mol. The summed E-state index contributed by atoms with van der Waals surface area (Å²) in [6, 6.07) is 4.02. The molecule has 5 nitrogen and oxygen atoms in total. The summed E-state index contributed by atoms with van der Waals surface area (Å²) in [6.07, 6.45) is 2.23. The first-order valence-corrected chi connectivity index (χ1v) is 7.91. The van der Waals surface area contributed by atoms with E-state index >= 15 is 0 Å². The number of thioether (sulfide) groups is 1. The summed E-state index contributed by atoms with van der Waals surface area (Å²) in [6.45, 7) is 0.647. The summed E-state index contributed by atoms with van der Waals surface area (Å²) in [5.41, 5.74) is 0.165. The Morgan fingerprint density at radius 3 is 2.75 bits per heavy atom. The molecular weight excluding hydrogens is 300 g/mol. The van der Waals surface area contributed by atoms with Crippen LogP contribution in [0.4, 0.5) is 5.69 Å². The molecule has 0 spiro atoms. The van der Waals surface area contributed by atoms with Crippen molar-refractivity contribution in [1.82, 2.24) is 5.32 Å². The van der Waals surface area contributed by atoms with Crippen molar-refractivity contribution >= 4 is 35.0 Å². The number of nitro groups is 1. The molecule has 20 heavy (non-hydrogen) atoms. The fraction of sp³-hybridized carbons (Fsp3) is 0.462. The van der Waals surface area contributed by atoms with Gasteiger partial charge in [-0.25, -0.2) is 0 Å². The Balaban J connectivity index is 1.95. The van der Waals surface area contributed by atoms with Crippen LogP contribution < -0.4 is 5.32 Å². The molecule has 1 aliphatic heterocycles. The van der Waals surface area contributed by atoms with Crippen LogP contribution in [0, 0.1) is 16.0 Å².